The van der Waals surface area contributed by atoms with Crippen molar-refractivity contribution in [1.82, 2.24) is 4.90 Å². The highest BCUT2D eigenvalue weighted by Gasteiger charge is 2.44. The van der Waals surface area contributed by atoms with Crippen molar-refractivity contribution in [2.24, 2.45) is 11.1 Å². The van der Waals surface area contributed by atoms with Gasteiger partial charge in [0.15, 0.2) is 0 Å². The average Bonchev–Trinajstić information content (AvgIpc) is 2.52. The monoisotopic (exact) mass is 168 g/mol. The molecule has 2 aliphatic heterocycles. The van der Waals surface area contributed by atoms with Crippen molar-refractivity contribution in [2.45, 2.75) is 19.4 Å². The first-order valence-corrected chi connectivity index (χ1v) is 4.23. The maximum atomic E-state index is 11.1. The summed E-state index contributed by atoms with van der Waals surface area (Å²) < 4.78 is 0. The lowest BCUT2D eigenvalue weighted by Crippen LogP contribution is -2.28. The van der Waals surface area contributed by atoms with Crippen LogP contribution in [0.4, 0.5) is 0 Å². The number of likely N-dealkylation sites (tertiary alicyclic amines) is 1. The van der Waals surface area contributed by atoms with E-state index in [2.05, 4.69) is 21.8 Å². The third kappa shape index (κ3) is 0.876. The highest BCUT2D eigenvalue weighted by atomic mass is 16.7. The molecule has 0 radical (unpaired) electrons. The Hall–Kier alpha value is -0.900. The van der Waals surface area contributed by atoms with E-state index >= 15 is 0 Å². The molecule has 4 heteroatoms. The Kier molecular flexibility index (Phi) is 1.65. The Bertz CT molecular complexity index is 249. The summed E-state index contributed by atoms with van der Waals surface area (Å²) >= 11 is 0. The van der Waals surface area contributed by atoms with Crippen LogP contribution < -0.4 is 0 Å². The zero-order valence-corrected chi connectivity index (χ0v) is 7.28. The second-order valence-electron chi connectivity index (χ2n) is 3.34. The number of carbonyl (C=O) groups excluding carboxylic acids is 1. The predicted octanol–water partition coefficient (Wildman–Crippen LogP) is 0.239. The molecule has 0 saturated carbocycles. The van der Waals surface area contributed by atoms with Crippen LogP contribution in [0.15, 0.2) is 5.16 Å². The number of nitrogens with zero attached hydrogens (tertiary/aromatic N) is 2. The molecule has 0 aliphatic carbocycles. The Morgan fingerprint density at radius 1 is 1.75 bits per heavy atom. The Morgan fingerprint density at radius 3 is 3.17 bits per heavy atom. The molecule has 4 nitrogen and oxygen atoms in total. The molecule has 66 valence electrons. The van der Waals surface area contributed by atoms with Crippen LogP contribution in [-0.2, 0) is 9.63 Å². The smallest absolute Gasteiger partial charge is 0.317 e. The molecule has 0 amide bonds. The topological polar surface area (TPSA) is 41.9 Å². The van der Waals surface area contributed by atoms with E-state index in [9.17, 15) is 4.79 Å². The van der Waals surface area contributed by atoms with Crippen LogP contribution in [0.1, 0.15) is 13.3 Å². The van der Waals surface area contributed by atoms with E-state index in [1.165, 1.54) is 0 Å². The fourth-order valence-electron chi connectivity index (χ4n) is 1.97. The quantitative estimate of drug-likeness (QED) is 0.527. The van der Waals surface area contributed by atoms with E-state index in [0.717, 1.165) is 18.7 Å². The molecule has 0 aromatic heterocycles. The average molecular weight is 168 g/mol. The van der Waals surface area contributed by atoms with E-state index in [1.54, 1.807) is 0 Å². The highest BCUT2D eigenvalue weighted by molar-refractivity contribution is 6.09. The van der Waals surface area contributed by atoms with E-state index in [4.69, 9.17) is 0 Å². The molecule has 0 bridgehead atoms. The van der Waals surface area contributed by atoms with Crippen molar-refractivity contribution in [3.63, 3.8) is 0 Å². The van der Waals surface area contributed by atoms with Gasteiger partial charge < -0.3 is 4.84 Å². The van der Waals surface area contributed by atoms with Crippen LogP contribution in [0.5, 0.6) is 0 Å². The maximum absolute atomic E-state index is 11.1. The standard InChI is InChI=1S/C8H12N2O2/c1-3-6-7-5(4-10(6)2)8(11)12-9-7/h5-6H,3-4H2,1-2H3. The van der Waals surface area contributed by atoms with Crippen LogP contribution in [0, 0.1) is 5.92 Å². The normalized spacial score (nSPS) is 34.8. The van der Waals surface area contributed by atoms with Gasteiger partial charge in [0, 0.05) is 6.54 Å². The van der Waals surface area contributed by atoms with Gasteiger partial charge in [0.25, 0.3) is 0 Å². The van der Waals surface area contributed by atoms with E-state index in [1.807, 2.05) is 7.05 Å². The van der Waals surface area contributed by atoms with Crippen molar-refractivity contribution in [2.75, 3.05) is 13.6 Å². The van der Waals surface area contributed by atoms with Crippen LogP contribution in [0.2, 0.25) is 0 Å². The largest absolute Gasteiger partial charge is 0.345 e. The first kappa shape index (κ1) is 7.73. The molecule has 2 atom stereocenters. The third-order valence-corrected chi connectivity index (χ3v) is 2.61. The summed E-state index contributed by atoms with van der Waals surface area (Å²) in [6, 6.07) is 0.307. The lowest BCUT2D eigenvalue weighted by atomic mass is 10.0. The first-order chi connectivity index (χ1) is 5.74. The summed E-state index contributed by atoms with van der Waals surface area (Å²) in [6.45, 7) is 2.85. The molecule has 0 aromatic rings. The first-order valence-electron chi connectivity index (χ1n) is 4.23. The summed E-state index contributed by atoms with van der Waals surface area (Å²) in [6.07, 6.45) is 0.989. The molecular formula is C8H12N2O2. The zero-order valence-electron chi connectivity index (χ0n) is 7.28. The molecule has 2 heterocycles. The van der Waals surface area contributed by atoms with Gasteiger partial charge in [-0.3, -0.25) is 4.90 Å². The fourth-order valence-corrected chi connectivity index (χ4v) is 1.97. The van der Waals surface area contributed by atoms with Gasteiger partial charge in [-0.05, 0) is 13.5 Å². The van der Waals surface area contributed by atoms with Crippen molar-refractivity contribution in [3.05, 3.63) is 0 Å². The predicted molar refractivity (Wildman–Crippen MR) is 43.7 cm³/mol. The summed E-state index contributed by atoms with van der Waals surface area (Å²) in [7, 11) is 2.02. The second-order valence-corrected chi connectivity index (χ2v) is 3.34. The molecule has 2 aliphatic rings. The van der Waals surface area contributed by atoms with Crippen LogP contribution >= 0.6 is 0 Å². The maximum Gasteiger partial charge on any atom is 0.345 e. The van der Waals surface area contributed by atoms with E-state index in [-0.39, 0.29) is 11.9 Å². The molecule has 0 spiro atoms. The summed E-state index contributed by atoms with van der Waals surface area (Å²) in [5, 5.41) is 3.81. The second kappa shape index (κ2) is 2.55. The Morgan fingerprint density at radius 2 is 2.50 bits per heavy atom. The van der Waals surface area contributed by atoms with Gasteiger partial charge >= 0.3 is 5.97 Å². The van der Waals surface area contributed by atoms with Crippen molar-refractivity contribution in [1.29, 1.82) is 0 Å². The number of rotatable bonds is 1. The fraction of sp³-hybridized carbons (Fsp3) is 0.750. The summed E-state index contributed by atoms with van der Waals surface area (Å²) in [4.78, 5) is 17.9. The van der Waals surface area contributed by atoms with Gasteiger partial charge in [0.2, 0.25) is 0 Å². The molecule has 1 saturated heterocycles. The van der Waals surface area contributed by atoms with Gasteiger partial charge in [-0.1, -0.05) is 12.1 Å². The molecule has 0 aromatic carbocycles. The van der Waals surface area contributed by atoms with Crippen molar-refractivity contribution < 1.29 is 9.63 Å². The SMILES string of the molecule is CCC1C2=NOC(=O)C2CN1C. The van der Waals surface area contributed by atoms with Crippen molar-refractivity contribution in [3.8, 4) is 0 Å². The lowest BCUT2D eigenvalue weighted by Gasteiger charge is -2.16. The van der Waals surface area contributed by atoms with Gasteiger partial charge in [0.05, 0.1) is 11.8 Å². The minimum absolute atomic E-state index is 0.0834. The number of oxime groups is 1. The summed E-state index contributed by atoms with van der Waals surface area (Å²) in [5.41, 5.74) is 0.921. The molecule has 2 rings (SSSR count). The summed E-state index contributed by atoms with van der Waals surface area (Å²) in [5.74, 6) is -0.271. The van der Waals surface area contributed by atoms with E-state index in [0.29, 0.717) is 6.04 Å². The number of fused-ring (bicyclic) bond motifs is 1. The molecule has 0 N–H and O–H groups in total. The van der Waals surface area contributed by atoms with Gasteiger partial charge in [-0.25, -0.2) is 4.79 Å². The molecule has 12 heavy (non-hydrogen) atoms. The Balaban J connectivity index is 2.25. The third-order valence-electron chi connectivity index (χ3n) is 2.61. The Labute approximate surface area is 71.2 Å². The van der Waals surface area contributed by atoms with Crippen LogP contribution in [0.3, 0.4) is 0 Å². The zero-order chi connectivity index (χ0) is 8.72. The molecule has 2 unspecified atom stereocenters. The van der Waals surface area contributed by atoms with E-state index < -0.39 is 0 Å². The number of hydrogen-bond acceptors (Lipinski definition) is 4. The number of hydrogen-bond donors (Lipinski definition) is 0. The van der Waals surface area contributed by atoms with Crippen LogP contribution in [-0.4, -0.2) is 36.2 Å². The van der Waals surface area contributed by atoms with Crippen molar-refractivity contribution >= 4 is 11.7 Å². The van der Waals surface area contributed by atoms with Gasteiger partial charge in [0.1, 0.15) is 5.92 Å². The number of carbonyl (C=O) groups is 1. The minimum atomic E-state index is -0.187. The molecule has 1 fully saturated rings. The van der Waals surface area contributed by atoms with Crippen LogP contribution in [0.25, 0.3) is 0 Å². The molecular weight excluding hydrogens is 156 g/mol. The highest BCUT2D eigenvalue weighted by Crippen LogP contribution is 2.26. The minimum Gasteiger partial charge on any atom is -0.317 e. The lowest BCUT2D eigenvalue weighted by molar-refractivity contribution is -0.143. The van der Waals surface area contributed by atoms with Gasteiger partial charge in [-0.2, -0.15) is 0 Å². The van der Waals surface area contributed by atoms with Gasteiger partial charge in [-0.15, -0.1) is 0 Å².